The van der Waals surface area contributed by atoms with Crippen LogP contribution in [0.1, 0.15) is 51.4 Å². The van der Waals surface area contributed by atoms with E-state index in [0.29, 0.717) is 0 Å². The summed E-state index contributed by atoms with van der Waals surface area (Å²) in [5, 5.41) is 0. The quantitative estimate of drug-likeness (QED) is 0.400. The molecule has 0 aliphatic carbocycles. The molecule has 2 heterocycles. The van der Waals surface area contributed by atoms with E-state index in [9.17, 15) is 0 Å². The molecule has 2 saturated heterocycles. The van der Waals surface area contributed by atoms with Gasteiger partial charge in [-0.1, -0.05) is 36.4 Å². The van der Waals surface area contributed by atoms with Crippen molar-refractivity contribution in [3.8, 4) is 0 Å². The molecule has 0 amide bonds. The Bertz CT molecular complexity index is 634. The van der Waals surface area contributed by atoms with E-state index in [2.05, 4.69) is 60.7 Å². The molecule has 150 valence electrons. The van der Waals surface area contributed by atoms with Crippen LogP contribution in [0.15, 0.2) is 60.7 Å². The molecule has 0 unspecified atom stereocenters. The van der Waals surface area contributed by atoms with E-state index in [-0.39, 0.29) is 0 Å². The van der Waals surface area contributed by atoms with Gasteiger partial charge in [0.15, 0.2) is 0 Å². The molecule has 0 atom stereocenters. The monoisotopic (exact) mass is 378 g/mol. The fourth-order valence-electron chi connectivity index (χ4n) is 5.77. The maximum Gasteiger partial charge on any atom is 0.132 e. The topological polar surface area (TPSA) is 0 Å². The van der Waals surface area contributed by atoms with E-state index >= 15 is 0 Å². The minimum absolute atomic E-state index is 1.23. The molecular formula is C26H38N2+2. The van der Waals surface area contributed by atoms with Gasteiger partial charge in [0, 0.05) is 12.8 Å². The summed E-state index contributed by atoms with van der Waals surface area (Å²) >= 11 is 0. The fraction of sp³-hybridized carbons (Fsp3) is 0.538. The van der Waals surface area contributed by atoms with Gasteiger partial charge in [0.25, 0.3) is 0 Å². The lowest BCUT2D eigenvalue weighted by atomic mass is 10.0. The standard InChI is InChI=1S/C26H38N2/c1-5-15-25(16-6-1)27(19-9-3-10-20-27)23-13-14-24-28(21-11-4-12-22-28)26-17-7-2-8-18-26/h1-2,5-8,15-18H,3-4,9-14,19-24H2/q+2. The number of hydrogen-bond acceptors (Lipinski definition) is 0. The van der Waals surface area contributed by atoms with E-state index < -0.39 is 0 Å². The van der Waals surface area contributed by atoms with Crippen LogP contribution in [0.3, 0.4) is 0 Å². The molecular weight excluding hydrogens is 340 g/mol. The van der Waals surface area contributed by atoms with Gasteiger partial charge in [-0.15, -0.1) is 0 Å². The van der Waals surface area contributed by atoms with Crippen molar-refractivity contribution in [1.29, 1.82) is 0 Å². The number of para-hydroxylation sites is 2. The summed E-state index contributed by atoms with van der Waals surface area (Å²) in [7, 11) is 0. The first-order valence-electron chi connectivity index (χ1n) is 11.7. The first-order valence-corrected chi connectivity index (χ1v) is 11.7. The molecule has 2 aromatic carbocycles. The average molecular weight is 379 g/mol. The number of unbranched alkanes of at least 4 members (excludes halogenated alkanes) is 1. The summed E-state index contributed by atoms with van der Waals surface area (Å²) in [5.41, 5.74) is 3.10. The molecule has 0 spiro atoms. The fourth-order valence-corrected chi connectivity index (χ4v) is 5.77. The van der Waals surface area contributed by atoms with Crippen LogP contribution in [-0.2, 0) is 0 Å². The van der Waals surface area contributed by atoms with Crippen LogP contribution in [0.25, 0.3) is 0 Å². The first-order chi connectivity index (χ1) is 13.8. The normalized spacial score (nSPS) is 21.3. The zero-order valence-electron chi connectivity index (χ0n) is 17.6. The first kappa shape index (κ1) is 19.7. The van der Waals surface area contributed by atoms with Gasteiger partial charge in [-0.3, -0.25) is 8.97 Å². The lowest BCUT2D eigenvalue weighted by Gasteiger charge is -2.43. The molecule has 2 aliphatic rings. The zero-order valence-corrected chi connectivity index (χ0v) is 17.6. The van der Waals surface area contributed by atoms with Crippen molar-refractivity contribution in [3.05, 3.63) is 60.7 Å². The zero-order chi connectivity index (χ0) is 19.1. The highest BCUT2D eigenvalue weighted by Gasteiger charge is 2.34. The lowest BCUT2D eigenvalue weighted by molar-refractivity contribution is 0.202. The van der Waals surface area contributed by atoms with E-state index in [1.165, 1.54) is 99.6 Å². The van der Waals surface area contributed by atoms with Crippen LogP contribution in [-0.4, -0.2) is 39.3 Å². The number of hydrogen-bond donors (Lipinski definition) is 0. The third kappa shape index (κ3) is 4.34. The molecule has 28 heavy (non-hydrogen) atoms. The number of rotatable bonds is 7. The van der Waals surface area contributed by atoms with E-state index in [1.807, 2.05) is 0 Å². The molecule has 0 N–H and O–H groups in total. The van der Waals surface area contributed by atoms with E-state index in [1.54, 1.807) is 11.4 Å². The Morgan fingerprint density at radius 2 is 0.821 bits per heavy atom. The molecule has 2 aliphatic heterocycles. The van der Waals surface area contributed by atoms with Crippen molar-refractivity contribution >= 4 is 11.4 Å². The van der Waals surface area contributed by atoms with Gasteiger partial charge < -0.3 is 0 Å². The highest BCUT2D eigenvalue weighted by atomic mass is 15.4. The summed E-state index contributed by atoms with van der Waals surface area (Å²) in [6, 6.07) is 22.7. The predicted molar refractivity (Wildman–Crippen MR) is 123 cm³/mol. The van der Waals surface area contributed by atoms with Gasteiger partial charge in [0.05, 0.1) is 39.3 Å². The summed E-state index contributed by atoms with van der Waals surface area (Å²) in [6.45, 7) is 7.98. The van der Waals surface area contributed by atoms with Gasteiger partial charge >= 0.3 is 0 Å². The Morgan fingerprint density at radius 1 is 0.464 bits per heavy atom. The molecule has 2 heteroatoms. The third-order valence-electron chi connectivity index (χ3n) is 7.37. The minimum Gasteiger partial charge on any atom is -0.291 e. The van der Waals surface area contributed by atoms with Crippen molar-refractivity contribution in [3.63, 3.8) is 0 Å². The van der Waals surface area contributed by atoms with Crippen LogP contribution in [0.5, 0.6) is 0 Å². The molecule has 2 fully saturated rings. The molecule has 0 aromatic heterocycles. The Labute approximate surface area is 172 Å². The van der Waals surface area contributed by atoms with Gasteiger partial charge in [-0.2, -0.15) is 0 Å². The Morgan fingerprint density at radius 3 is 1.18 bits per heavy atom. The highest BCUT2D eigenvalue weighted by Crippen LogP contribution is 2.31. The maximum absolute atomic E-state index is 2.37. The second-order valence-electron chi connectivity index (χ2n) is 9.13. The molecule has 2 aromatic rings. The van der Waals surface area contributed by atoms with E-state index in [4.69, 9.17) is 0 Å². The van der Waals surface area contributed by atoms with Crippen LogP contribution in [0, 0.1) is 0 Å². The van der Waals surface area contributed by atoms with Crippen LogP contribution in [0.4, 0.5) is 11.4 Å². The number of piperidine rings is 2. The summed E-state index contributed by atoms with van der Waals surface area (Å²) < 4.78 is 2.46. The lowest BCUT2D eigenvalue weighted by Crippen LogP contribution is -2.55. The SMILES string of the molecule is c1ccc([N+]2(CCCC[N+]3(c4ccccc4)CCCCC3)CCCCC2)cc1. The number of benzene rings is 2. The van der Waals surface area contributed by atoms with Crippen molar-refractivity contribution < 1.29 is 0 Å². The molecule has 0 radical (unpaired) electrons. The maximum atomic E-state index is 2.37. The molecule has 0 bridgehead atoms. The second-order valence-corrected chi connectivity index (χ2v) is 9.13. The van der Waals surface area contributed by atoms with Crippen molar-refractivity contribution in [2.24, 2.45) is 0 Å². The molecule has 2 nitrogen and oxygen atoms in total. The predicted octanol–water partition coefficient (Wildman–Crippen LogP) is 6.15. The Kier molecular flexibility index (Phi) is 6.49. The largest absolute Gasteiger partial charge is 0.291 e. The van der Waals surface area contributed by atoms with Crippen molar-refractivity contribution in [1.82, 2.24) is 8.97 Å². The molecule has 4 rings (SSSR count). The number of nitrogens with zero attached hydrogens (tertiary/aromatic N) is 2. The molecule has 0 saturated carbocycles. The Balaban J connectivity index is 1.41. The van der Waals surface area contributed by atoms with Gasteiger partial charge in [0.2, 0.25) is 0 Å². The van der Waals surface area contributed by atoms with Crippen LogP contribution >= 0.6 is 0 Å². The van der Waals surface area contributed by atoms with Crippen LogP contribution in [0.2, 0.25) is 0 Å². The smallest absolute Gasteiger partial charge is 0.132 e. The van der Waals surface area contributed by atoms with E-state index in [0.717, 1.165) is 0 Å². The van der Waals surface area contributed by atoms with Crippen LogP contribution < -0.4 is 8.97 Å². The van der Waals surface area contributed by atoms with Gasteiger partial charge in [0.1, 0.15) is 11.4 Å². The second kappa shape index (κ2) is 9.24. The van der Waals surface area contributed by atoms with Crippen molar-refractivity contribution in [2.45, 2.75) is 51.4 Å². The van der Waals surface area contributed by atoms with Crippen molar-refractivity contribution in [2.75, 3.05) is 39.3 Å². The van der Waals surface area contributed by atoms with Gasteiger partial charge in [-0.25, -0.2) is 0 Å². The Hall–Kier alpha value is -1.64. The third-order valence-corrected chi connectivity index (χ3v) is 7.37. The summed E-state index contributed by atoms with van der Waals surface area (Å²) in [5.74, 6) is 0. The average Bonchev–Trinajstić information content (AvgIpc) is 2.79. The summed E-state index contributed by atoms with van der Waals surface area (Å²) in [6.07, 6.45) is 11.1. The number of quaternary nitrogens is 2. The van der Waals surface area contributed by atoms with Gasteiger partial charge in [-0.05, 0) is 62.8 Å². The summed E-state index contributed by atoms with van der Waals surface area (Å²) in [4.78, 5) is 0. The number of likely N-dealkylation sites (tertiary alicyclic amines) is 2. The minimum atomic E-state index is 1.23. The highest BCUT2D eigenvalue weighted by molar-refractivity contribution is 5.44.